The quantitative estimate of drug-likeness (QED) is 0.211. The van der Waals surface area contributed by atoms with Crippen LogP contribution in [0, 0.1) is 5.82 Å². The number of amides is 1. The summed E-state index contributed by atoms with van der Waals surface area (Å²) in [7, 11) is 0. The number of carbonyl (C=O) groups is 1. The molecule has 1 atom stereocenters. The number of hydrogen-bond donors (Lipinski definition) is 2. The number of rotatable bonds is 11. The van der Waals surface area contributed by atoms with E-state index in [-0.39, 0.29) is 11.9 Å². The molecule has 0 spiro atoms. The normalized spacial score (nSPS) is 16.6. The summed E-state index contributed by atoms with van der Waals surface area (Å²) in [6, 6.07) is 17.2. The first-order chi connectivity index (χ1) is 20.0. The molecule has 0 radical (unpaired) electrons. The van der Waals surface area contributed by atoms with Gasteiger partial charge in [0.25, 0.3) is 0 Å². The van der Waals surface area contributed by atoms with Crippen molar-refractivity contribution in [2.45, 2.75) is 63.8 Å². The highest BCUT2D eigenvalue weighted by molar-refractivity contribution is 5.95. The van der Waals surface area contributed by atoms with Gasteiger partial charge in [0.15, 0.2) is 11.5 Å². The number of aryl methyl sites for hydroxylation is 1. The Morgan fingerprint density at radius 2 is 2.02 bits per heavy atom. The standard InChI is InChI=1S/C34H38FN3O3/c1-2-17-40-32-15-13-27(34(36)39)29-19-25(21-41-33(29)32)38(31-11-4-3-10-26(31)22-7-5-8-22)16-6-9-23-20-37-30-14-12-24(35)18-28(23)30/h3-4,10-15,18,20,22,25,37H,2,5-9,16-17,19,21H2,1H3,(H2,36,39). The van der Waals surface area contributed by atoms with E-state index in [4.69, 9.17) is 15.2 Å². The molecule has 7 heteroatoms. The first kappa shape index (κ1) is 27.2. The minimum absolute atomic E-state index is 0.0173. The SMILES string of the molecule is CCCOc1ccc(C(N)=O)c2c1OCC(N(CCCc1c[nH]c3ccc(F)cc13)c1ccccc1C1CCC1)C2. The topological polar surface area (TPSA) is 80.6 Å². The molecule has 1 aliphatic heterocycles. The number of hydrogen-bond acceptors (Lipinski definition) is 4. The van der Waals surface area contributed by atoms with Gasteiger partial charge in [0, 0.05) is 46.9 Å². The largest absolute Gasteiger partial charge is 0.490 e. The predicted octanol–water partition coefficient (Wildman–Crippen LogP) is 6.91. The van der Waals surface area contributed by atoms with Crippen LogP contribution in [0.15, 0.2) is 60.8 Å². The van der Waals surface area contributed by atoms with Crippen molar-refractivity contribution in [2.24, 2.45) is 5.73 Å². The first-order valence-electron chi connectivity index (χ1n) is 14.9. The summed E-state index contributed by atoms with van der Waals surface area (Å²) in [6.07, 6.45) is 8.88. The summed E-state index contributed by atoms with van der Waals surface area (Å²) in [5.74, 6) is 1.19. The van der Waals surface area contributed by atoms with Crippen LogP contribution < -0.4 is 20.1 Å². The Bertz CT molecular complexity index is 1540. The van der Waals surface area contributed by atoms with Gasteiger partial charge in [0.1, 0.15) is 12.4 Å². The van der Waals surface area contributed by atoms with Crippen LogP contribution in [0.25, 0.3) is 10.9 Å². The maximum absolute atomic E-state index is 14.0. The minimum Gasteiger partial charge on any atom is -0.490 e. The fraction of sp³-hybridized carbons (Fsp3) is 0.382. The van der Waals surface area contributed by atoms with Crippen LogP contribution in [0.5, 0.6) is 11.5 Å². The number of nitrogens with two attached hydrogens (primary N) is 1. The van der Waals surface area contributed by atoms with Crippen molar-refractivity contribution in [2.75, 3.05) is 24.7 Å². The van der Waals surface area contributed by atoms with Crippen LogP contribution in [-0.2, 0) is 12.8 Å². The minimum atomic E-state index is -0.458. The van der Waals surface area contributed by atoms with Gasteiger partial charge in [-0.05, 0) is 85.5 Å². The molecule has 1 aliphatic carbocycles. The van der Waals surface area contributed by atoms with Crippen LogP contribution >= 0.6 is 0 Å². The van der Waals surface area contributed by atoms with Gasteiger partial charge in [-0.25, -0.2) is 4.39 Å². The van der Waals surface area contributed by atoms with Crippen molar-refractivity contribution in [3.8, 4) is 11.5 Å². The molecule has 4 aromatic rings. The van der Waals surface area contributed by atoms with Crippen LogP contribution in [-0.4, -0.2) is 36.7 Å². The lowest BCUT2D eigenvalue weighted by Crippen LogP contribution is -2.45. The molecule has 1 fully saturated rings. The second-order valence-electron chi connectivity index (χ2n) is 11.3. The summed E-state index contributed by atoms with van der Waals surface area (Å²) in [5.41, 5.74) is 11.8. The predicted molar refractivity (Wildman–Crippen MR) is 161 cm³/mol. The highest BCUT2D eigenvalue weighted by Crippen LogP contribution is 2.43. The van der Waals surface area contributed by atoms with E-state index < -0.39 is 5.91 Å². The van der Waals surface area contributed by atoms with Gasteiger partial charge in [0.2, 0.25) is 5.91 Å². The molecule has 0 bridgehead atoms. The van der Waals surface area contributed by atoms with E-state index in [1.165, 1.54) is 36.6 Å². The number of nitrogens with zero attached hydrogens (tertiary/aromatic N) is 1. The molecule has 214 valence electrons. The summed E-state index contributed by atoms with van der Waals surface area (Å²) in [6.45, 7) is 3.92. The van der Waals surface area contributed by atoms with Crippen molar-refractivity contribution < 1.29 is 18.7 Å². The molecule has 3 aromatic carbocycles. The van der Waals surface area contributed by atoms with Gasteiger partial charge in [-0.15, -0.1) is 0 Å². The maximum atomic E-state index is 14.0. The fourth-order valence-electron chi connectivity index (χ4n) is 6.31. The van der Waals surface area contributed by atoms with Crippen LogP contribution in [0.3, 0.4) is 0 Å². The molecule has 1 unspecified atom stereocenters. The van der Waals surface area contributed by atoms with Gasteiger partial charge in [0.05, 0.1) is 12.6 Å². The number of H-pyrrole nitrogens is 1. The number of para-hydroxylation sites is 1. The number of fused-ring (bicyclic) bond motifs is 2. The van der Waals surface area contributed by atoms with Crippen molar-refractivity contribution in [3.63, 3.8) is 0 Å². The Kier molecular flexibility index (Phi) is 7.86. The number of primary amides is 1. The first-order valence-corrected chi connectivity index (χ1v) is 14.9. The van der Waals surface area contributed by atoms with Gasteiger partial charge in [-0.3, -0.25) is 4.79 Å². The zero-order valence-electron chi connectivity index (χ0n) is 23.6. The molecule has 1 saturated carbocycles. The van der Waals surface area contributed by atoms with E-state index in [0.29, 0.717) is 42.6 Å². The number of carbonyl (C=O) groups excluding carboxylic acids is 1. The third kappa shape index (κ3) is 5.50. The molecular weight excluding hydrogens is 517 g/mol. The van der Waals surface area contributed by atoms with Crippen molar-refractivity contribution >= 4 is 22.5 Å². The molecular formula is C34H38FN3O3. The molecule has 6 nitrogen and oxygen atoms in total. The molecule has 2 heterocycles. The zero-order valence-corrected chi connectivity index (χ0v) is 23.6. The maximum Gasteiger partial charge on any atom is 0.249 e. The molecule has 41 heavy (non-hydrogen) atoms. The van der Waals surface area contributed by atoms with Gasteiger partial charge < -0.3 is 25.1 Å². The number of nitrogens with one attached hydrogen (secondary N) is 1. The van der Waals surface area contributed by atoms with Gasteiger partial charge >= 0.3 is 0 Å². The summed E-state index contributed by atoms with van der Waals surface area (Å²) in [5, 5.41) is 0.937. The number of anilines is 1. The number of benzene rings is 3. The van der Waals surface area contributed by atoms with E-state index in [1.54, 1.807) is 24.3 Å². The Hall–Kier alpha value is -4.00. The summed E-state index contributed by atoms with van der Waals surface area (Å²) in [4.78, 5) is 18.2. The second-order valence-corrected chi connectivity index (χ2v) is 11.3. The van der Waals surface area contributed by atoms with Gasteiger partial charge in [-0.1, -0.05) is 31.5 Å². The average Bonchev–Trinajstić information content (AvgIpc) is 3.35. The molecule has 1 aromatic heterocycles. The molecule has 2 aliphatic rings. The number of aromatic amines is 1. The van der Waals surface area contributed by atoms with E-state index >= 15 is 0 Å². The van der Waals surface area contributed by atoms with Crippen molar-refractivity contribution in [1.82, 2.24) is 4.98 Å². The highest BCUT2D eigenvalue weighted by Gasteiger charge is 2.33. The Labute approximate surface area is 240 Å². The number of halogens is 1. The van der Waals surface area contributed by atoms with Crippen LogP contribution in [0.1, 0.15) is 72.0 Å². The Morgan fingerprint density at radius 1 is 1.17 bits per heavy atom. The number of aromatic nitrogens is 1. The lowest BCUT2D eigenvalue weighted by molar-refractivity contribution is 0.0997. The molecule has 3 N–H and O–H groups in total. The van der Waals surface area contributed by atoms with E-state index in [0.717, 1.165) is 47.8 Å². The number of ether oxygens (including phenoxy) is 2. The van der Waals surface area contributed by atoms with Gasteiger partial charge in [-0.2, -0.15) is 0 Å². The Balaban J connectivity index is 1.31. The summed E-state index contributed by atoms with van der Waals surface area (Å²) >= 11 is 0. The average molecular weight is 556 g/mol. The smallest absolute Gasteiger partial charge is 0.249 e. The third-order valence-corrected chi connectivity index (χ3v) is 8.62. The lowest BCUT2D eigenvalue weighted by Gasteiger charge is -2.40. The van der Waals surface area contributed by atoms with E-state index in [2.05, 4.69) is 41.1 Å². The molecule has 1 amide bonds. The zero-order chi connectivity index (χ0) is 28.3. The van der Waals surface area contributed by atoms with E-state index in [1.807, 2.05) is 6.20 Å². The molecule has 0 saturated heterocycles. The van der Waals surface area contributed by atoms with Crippen molar-refractivity contribution in [1.29, 1.82) is 0 Å². The molecule has 6 rings (SSSR count). The Morgan fingerprint density at radius 3 is 2.80 bits per heavy atom. The van der Waals surface area contributed by atoms with Crippen LogP contribution in [0.4, 0.5) is 10.1 Å². The lowest BCUT2D eigenvalue weighted by atomic mass is 9.79. The third-order valence-electron chi connectivity index (χ3n) is 8.62. The van der Waals surface area contributed by atoms with Crippen molar-refractivity contribution in [3.05, 3.63) is 88.9 Å². The second kappa shape index (κ2) is 11.9. The highest BCUT2D eigenvalue weighted by atomic mass is 19.1. The fourth-order valence-corrected chi connectivity index (χ4v) is 6.31. The monoisotopic (exact) mass is 555 g/mol. The van der Waals surface area contributed by atoms with Crippen LogP contribution in [0.2, 0.25) is 0 Å². The van der Waals surface area contributed by atoms with E-state index in [9.17, 15) is 9.18 Å². The summed E-state index contributed by atoms with van der Waals surface area (Å²) < 4.78 is 26.4.